The van der Waals surface area contributed by atoms with Crippen LogP contribution in [0, 0.1) is 0 Å². The summed E-state index contributed by atoms with van der Waals surface area (Å²) in [7, 11) is -3.02. The van der Waals surface area contributed by atoms with Crippen molar-refractivity contribution < 1.29 is 8.42 Å². The van der Waals surface area contributed by atoms with Crippen LogP contribution in [0.15, 0.2) is 54.6 Å². The van der Waals surface area contributed by atoms with E-state index < -0.39 is 9.84 Å². The number of hydrogen-bond donors (Lipinski definition) is 1. The van der Waals surface area contributed by atoms with Gasteiger partial charge in [-0.15, -0.1) is 0 Å². The van der Waals surface area contributed by atoms with E-state index in [4.69, 9.17) is 9.97 Å². The molecule has 2 unspecified atom stereocenters. The highest BCUT2D eigenvalue weighted by molar-refractivity contribution is 7.91. The van der Waals surface area contributed by atoms with Crippen molar-refractivity contribution in [2.45, 2.75) is 37.0 Å². The molecular formula is C21H23N3O2S. The zero-order valence-electron chi connectivity index (χ0n) is 15.3. The molecule has 1 aliphatic rings. The van der Waals surface area contributed by atoms with Crippen LogP contribution in [-0.4, -0.2) is 35.9 Å². The maximum absolute atomic E-state index is 12.0. The second-order valence-corrected chi connectivity index (χ2v) is 9.56. The van der Waals surface area contributed by atoms with Crippen molar-refractivity contribution in [2.24, 2.45) is 0 Å². The molecule has 27 heavy (non-hydrogen) atoms. The summed E-state index contributed by atoms with van der Waals surface area (Å²) in [6.07, 6.45) is 4.57. The van der Waals surface area contributed by atoms with Crippen molar-refractivity contribution in [3.8, 4) is 11.4 Å². The first-order valence-electron chi connectivity index (χ1n) is 9.28. The Bertz CT molecular complexity index is 1050. The third-order valence-electron chi connectivity index (χ3n) is 5.21. The Morgan fingerprint density at radius 2 is 1.70 bits per heavy atom. The highest BCUT2D eigenvalue weighted by Crippen LogP contribution is 2.29. The van der Waals surface area contributed by atoms with Gasteiger partial charge in [-0.25, -0.2) is 18.4 Å². The number of rotatable bonds is 4. The summed E-state index contributed by atoms with van der Waals surface area (Å²) >= 11 is 0. The highest BCUT2D eigenvalue weighted by Gasteiger charge is 2.29. The smallest absolute Gasteiger partial charge is 0.162 e. The Morgan fingerprint density at radius 3 is 2.48 bits per heavy atom. The Labute approximate surface area is 159 Å². The number of para-hydroxylation sites is 1. The van der Waals surface area contributed by atoms with Gasteiger partial charge in [0, 0.05) is 23.2 Å². The second kappa shape index (κ2) is 7.27. The Morgan fingerprint density at radius 1 is 0.963 bits per heavy atom. The average Bonchev–Trinajstić information content (AvgIpc) is 2.68. The summed E-state index contributed by atoms with van der Waals surface area (Å²) in [6.45, 7) is 0. The van der Waals surface area contributed by atoms with Gasteiger partial charge >= 0.3 is 0 Å². The zero-order valence-corrected chi connectivity index (χ0v) is 16.1. The van der Waals surface area contributed by atoms with Crippen LogP contribution in [-0.2, 0) is 9.84 Å². The Hall–Kier alpha value is -2.47. The SMILES string of the molecule is CS(=O)(=O)C1CCCC(Nc2nc(-c3ccccc3)nc3ccccc23)C1. The molecular weight excluding hydrogens is 358 g/mol. The normalized spacial score (nSPS) is 20.5. The van der Waals surface area contributed by atoms with Crippen LogP contribution in [0.2, 0.25) is 0 Å². The molecule has 0 radical (unpaired) electrons. The van der Waals surface area contributed by atoms with Crippen LogP contribution in [0.3, 0.4) is 0 Å². The van der Waals surface area contributed by atoms with E-state index in [0.29, 0.717) is 12.2 Å². The molecule has 1 aliphatic carbocycles. The first kappa shape index (κ1) is 17.9. The predicted molar refractivity (Wildman–Crippen MR) is 109 cm³/mol. The van der Waals surface area contributed by atoms with E-state index in [9.17, 15) is 8.42 Å². The molecule has 6 heteroatoms. The van der Waals surface area contributed by atoms with E-state index in [1.54, 1.807) is 0 Å². The number of hydrogen-bond acceptors (Lipinski definition) is 5. The Balaban J connectivity index is 1.70. The molecule has 1 heterocycles. The van der Waals surface area contributed by atoms with Gasteiger partial charge < -0.3 is 5.32 Å². The molecule has 3 aromatic rings. The lowest BCUT2D eigenvalue weighted by atomic mass is 9.95. The molecule has 0 saturated heterocycles. The van der Waals surface area contributed by atoms with Gasteiger partial charge in [0.05, 0.1) is 10.8 Å². The lowest BCUT2D eigenvalue weighted by Crippen LogP contribution is -2.34. The standard InChI is InChI=1S/C21H23N3O2S/c1-27(25,26)17-11-7-10-16(14-17)22-21-18-12-5-6-13-19(18)23-20(24-21)15-8-3-2-4-9-15/h2-6,8-9,12-13,16-17H,7,10-11,14H2,1H3,(H,22,23,24). The molecule has 0 spiro atoms. The molecule has 1 fully saturated rings. The molecule has 140 valence electrons. The fourth-order valence-corrected chi connectivity index (χ4v) is 4.94. The maximum atomic E-state index is 12.0. The largest absolute Gasteiger partial charge is 0.367 e. The topological polar surface area (TPSA) is 72.0 Å². The van der Waals surface area contributed by atoms with Crippen molar-refractivity contribution >= 4 is 26.6 Å². The fourth-order valence-electron chi connectivity index (χ4n) is 3.76. The summed E-state index contributed by atoms with van der Waals surface area (Å²) in [6, 6.07) is 17.9. The van der Waals surface area contributed by atoms with E-state index in [1.807, 2.05) is 54.6 Å². The summed E-state index contributed by atoms with van der Waals surface area (Å²) in [5, 5.41) is 4.20. The van der Waals surface area contributed by atoms with Crippen LogP contribution in [0.25, 0.3) is 22.3 Å². The first-order valence-corrected chi connectivity index (χ1v) is 11.2. The van der Waals surface area contributed by atoms with Gasteiger partial charge in [-0.05, 0) is 31.4 Å². The van der Waals surface area contributed by atoms with E-state index in [0.717, 1.165) is 41.5 Å². The van der Waals surface area contributed by atoms with Crippen molar-refractivity contribution in [1.82, 2.24) is 9.97 Å². The third kappa shape index (κ3) is 3.95. The minimum Gasteiger partial charge on any atom is -0.367 e. The van der Waals surface area contributed by atoms with Crippen molar-refractivity contribution in [3.63, 3.8) is 0 Å². The monoisotopic (exact) mass is 381 g/mol. The first-order chi connectivity index (χ1) is 13.0. The van der Waals surface area contributed by atoms with Crippen LogP contribution in [0.5, 0.6) is 0 Å². The van der Waals surface area contributed by atoms with Crippen molar-refractivity contribution in [2.75, 3.05) is 11.6 Å². The van der Waals surface area contributed by atoms with Gasteiger partial charge in [-0.3, -0.25) is 0 Å². The van der Waals surface area contributed by atoms with Gasteiger partial charge in [-0.2, -0.15) is 0 Å². The summed E-state index contributed by atoms with van der Waals surface area (Å²) in [5.41, 5.74) is 1.84. The number of anilines is 1. The van der Waals surface area contributed by atoms with E-state index in [1.165, 1.54) is 6.26 Å². The number of aromatic nitrogens is 2. The molecule has 1 aromatic heterocycles. The van der Waals surface area contributed by atoms with Crippen LogP contribution in [0.1, 0.15) is 25.7 Å². The summed E-state index contributed by atoms with van der Waals surface area (Å²) < 4.78 is 24.0. The van der Waals surface area contributed by atoms with Gasteiger partial charge in [-0.1, -0.05) is 48.9 Å². The molecule has 2 aromatic carbocycles. The van der Waals surface area contributed by atoms with E-state index in [-0.39, 0.29) is 11.3 Å². The van der Waals surface area contributed by atoms with Crippen LogP contribution in [0.4, 0.5) is 5.82 Å². The maximum Gasteiger partial charge on any atom is 0.162 e. The molecule has 1 saturated carbocycles. The summed E-state index contributed by atoms with van der Waals surface area (Å²) in [5.74, 6) is 1.45. The number of sulfone groups is 1. The van der Waals surface area contributed by atoms with Crippen molar-refractivity contribution in [1.29, 1.82) is 0 Å². The van der Waals surface area contributed by atoms with Gasteiger partial charge in [0.25, 0.3) is 0 Å². The molecule has 2 atom stereocenters. The van der Waals surface area contributed by atoms with Crippen molar-refractivity contribution in [3.05, 3.63) is 54.6 Å². The highest BCUT2D eigenvalue weighted by atomic mass is 32.2. The lowest BCUT2D eigenvalue weighted by molar-refractivity contribution is 0.452. The number of nitrogens with one attached hydrogen (secondary N) is 1. The molecule has 0 amide bonds. The number of nitrogens with zero attached hydrogens (tertiary/aromatic N) is 2. The molecule has 5 nitrogen and oxygen atoms in total. The average molecular weight is 382 g/mol. The fraction of sp³-hybridized carbons (Fsp3) is 0.333. The minimum absolute atomic E-state index is 0.0976. The quantitative estimate of drug-likeness (QED) is 0.738. The molecule has 0 bridgehead atoms. The van der Waals surface area contributed by atoms with Crippen LogP contribution < -0.4 is 5.32 Å². The number of benzene rings is 2. The van der Waals surface area contributed by atoms with Crippen LogP contribution >= 0.6 is 0 Å². The van der Waals surface area contributed by atoms with E-state index in [2.05, 4.69) is 5.32 Å². The third-order valence-corrected chi connectivity index (χ3v) is 6.85. The lowest BCUT2D eigenvalue weighted by Gasteiger charge is -2.29. The van der Waals surface area contributed by atoms with Gasteiger partial charge in [0.1, 0.15) is 15.7 Å². The van der Waals surface area contributed by atoms with E-state index >= 15 is 0 Å². The molecule has 4 rings (SSSR count). The Kier molecular flexibility index (Phi) is 4.83. The van der Waals surface area contributed by atoms with Gasteiger partial charge in [0.2, 0.25) is 0 Å². The molecule has 0 aliphatic heterocycles. The second-order valence-electron chi connectivity index (χ2n) is 7.24. The summed E-state index contributed by atoms with van der Waals surface area (Å²) in [4.78, 5) is 9.49. The minimum atomic E-state index is -3.02. The zero-order chi connectivity index (χ0) is 18.9. The van der Waals surface area contributed by atoms with Gasteiger partial charge in [0.15, 0.2) is 5.82 Å². The predicted octanol–water partition coefficient (Wildman–Crippen LogP) is 4.06. The number of fused-ring (bicyclic) bond motifs is 1. The molecule has 1 N–H and O–H groups in total.